The van der Waals surface area contributed by atoms with Crippen molar-refractivity contribution in [2.45, 2.75) is 45.2 Å². The summed E-state index contributed by atoms with van der Waals surface area (Å²) >= 11 is 0. The fraction of sp³-hybridized carbons (Fsp3) is 0.778. The summed E-state index contributed by atoms with van der Waals surface area (Å²) < 4.78 is 11.2. The van der Waals surface area contributed by atoms with Gasteiger partial charge in [-0.1, -0.05) is 6.08 Å². The van der Waals surface area contributed by atoms with E-state index in [1.165, 1.54) is 0 Å². The third kappa shape index (κ3) is 2.04. The van der Waals surface area contributed by atoms with E-state index in [1.54, 1.807) is 0 Å². The molecule has 11 heavy (non-hydrogen) atoms. The Bertz CT molecular complexity index is 152. The lowest BCUT2D eigenvalue weighted by Crippen LogP contribution is -2.21. The molecular formula is C9H16O2. The van der Waals surface area contributed by atoms with Gasteiger partial charge in [0.15, 0.2) is 5.79 Å². The number of rotatable bonds is 2. The molecule has 1 aliphatic rings. The van der Waals surface area contributed by atoms with Crippen molar-refractivity contribution in [2.75, 3.05) is 0 Å². The quantitative estimate of drug-likeness (QED) is 0.570. The molecule has 0 bridgehead atoms. The highest BCUT2D eigenvalue weighted by atomic mass is 16.7. The molecule has 0 aromatic heterocycles. The minimum atomic E-state index is -0.410. The largest absolute Gasteiger partial charge is 0.345 e. The van der Waals surface area contributed by atoms with Crippen molar-refractivity contribution in [1.82, 2.24) is 0 Å². The van der Waals surface area contributed by atoms with E-state index in [1.807, 2.05) is 26.8 Å². The first-order valence-corrected chi connectivity index (χ1v) is 4.02. The van der Waals surface area contributed by atoms with Crippen molar-refractivity contribution in [3.05, 3.63) is 12.7 Å². The smallest absolute Gasteiger partial charge is 0.163 e. The molecule has 0 saturated carbocycles. The molecule has 0 spiro atoms. The second kappa shape index (κ2) is 2.95. The topological polar surface area (TPSA) is 18.5 Å². The average Bonchev–Trinajstić information content (AvgIpc) is 2.07. The third-order valence-corrected chi connectivity index (χ3v) is 1.83. The summed E-state index contributed by atoms with van der Waals surface area (Å²) in [4.78, 5) is 0. The van der Waals surface area contributed by atoms with Gasteiger partial charge in [0.05, 0.1) is 12.2 Å². The van der Waals surface area contributed by atoms with Crippen molar-refractivity contribution in [3.63, 3.8) is 0 Å². The van der Waals surface area contributed by atoms with Crippen molar-refractivity contribution >= 4 is 0 Å². The van der Waals surface area contributed by atoms with Crippen molar-refractivity contribution < 1.29 is 9.47 Å². The molecular weight excluding hydrogens is 140 g/mol. The molecule has 0 N–H and O–H groups in total. The summed E-state index contributed by atoms with van der Waals surface area (Å²) in [7, 11) is 0. The average molecular weight is 156 g/mol. The van der Waals surface area contributed by atoms with Crippen molar-refractivity contribution in [3.8, 4) is 0 Å². The van der Waals surface area contributed by atoms with Crippen LogP contribution < -0.4 is 0 Å². The highest BCUT2D eigenvalue weighted by molar-refractivity contribution is 4.83. The van der Waals surface area contributed by atoms with Crippen molar-refractivity contribution in [2.24, 2.45) is 0 Å². The van der Waals surface area contributed by atoms with Gasteiger partial charge in [0, 0.05) is 0 Å². The number of ether oxygens (including phenoxy) is 2. The Balaban J connectivity index is 2.51. The minimum Gasteiger partial charge on any atom is -0.345 e. The Morgan fingerprint density at radius 3 is 2.45 bits per heavy atom. The Hall–Kier alpha value is -0.340. The Kier molecular flexibility index (Phi) is 2.35. The van der Waals surface area contributed by atoms with Crippen LogP contribution in [-0.2, 0) is 9.47 Å². The summed E-state index contributed by atoms with van der Waals surface area (Å²) in [6.45, 7) is 9.58. The molecule has 1 aliphatic heterocycles. The fourth-order valence-corrected chi connectivity index (χ4v) is 1.42. The maximum absolute atomic E-state index is 5.61. The molecule has 1 saturated heterocycles. The standard InChI is InChI=1S/C9H16O2/c1-5-6-8-7(2)10-9(3,4)11-8/h5,7-8H,1,6H2,2-4H3/t7-,8-/m0/s1. The Morgan fingerprint density at radius 1 is 1.45 bits per heavy atom. The summed E-state index contributed by atoms with van der Waals surface area (Å²) in [5.74, 6) is -0.410. The summed E-state index contributed by atoms with van der Waals surface area (Å²) in [5, 5.41) is 0. The first-order chi connectivity index (χ1) is 5.05. The van der Waals surface area contributed by atoms with E-state index in [9.17, 15) is 0 Å². The fourth-order valence-electron chi connectivity index (χ4n) is 1.42. The van der Waals surface area contributed by atoms with Crippen LogP contribution in [-0.4, -0.2) is 18.0 Å². The highest BCUT2D eigenvalue weighted by Crippen LogP contribution is 2.29. The Labute approximate surface area is 68.2 Å². The molecule has 0 amide bonds. The van der Waals surface area contributed by atoms with Gasteiger partial charge in [-0.2, -0.15) is 0 Å². The molecule has 2 nitrogen and oxygen atoms in total. The van der Waals surface area contributed by atoms with Crippen molar-refractivity contribution in [1.29, 1.82) is 0 Å². The zero-order chi connectivity index (χ0) is 8.48. The van der Waals surface area contributed by atoms with Gasteiger partial charge in [-0.15, -0.1) is 6.58 Å². The zero-order valence-electron chi connectivity index (χ0n) is 7.46. The summed E-state index contributed by atoms with van der Waals surface area (Å²) in [6.07, 6.45) is 3.10. The van der Waals surface area contributed by atoms with Crippen LogP contribution >= 0.6 is 0 Å². The van der Waals surface area contributed by atoms with Gasteiger partial charge in [0.1, 0.15) is 0 Å². The lowest BCUT2D eigenvalue weighted by molar-refractivity contribution is -0.144. The van der Waals surface area contributed by atoms with Gasteiger partial charge < -0.3 is 9.47 Å². The van der Waals surface area contributed by atoms with E-state index in [2.05, 4.69) is 6.58 Å². The molecule has 1 heterocycles. The monoisotopic (exact) mass is 156 g/mol. The van der Waals surface area contributed by atoms with Crippen LogP contribution in [0.2, 0.25) is 0 Å². The van der Waals surface area contributed by atoms with Gasteiger partial charge in [0.2, 0.25) is 0 Å². The predicted molar refractivity (Wildman–Crippen MR) is 44.3 cm³/mol. The predicted octanol–water partition coefficient (Wildman–Crippen LogP) is 2.10. The van der Waals surface area contributed by atoms with Crippen LogP contribution in [0.1, 0.15) is 27.2 Å². The molecule has 64 valence electrons. The van der Waals surface area contributed by atoms with E-state index in [0.29, 0.717) is 0 Å². The summed E-state index contributed by atoms with van der Waals surface area (Å²) in [6, 6.07) is 0. The van der Waals surface area contributed by atoms with E-state index in [4.69, 9.17) is 9.47 Å². The maximum Gasteiger partial charge on any atom is 0.163 e. The zero-order valence-corrected chi connectivity index (χ0v) is 7.46. The van der Waals surface area contributed by atoms with Gasteiger partial charge >= 0.3 is 0 Å². The van der Waals surface area contributed by atoms with Gasteiger partial charge in [-0.3, -0.25) is 0 Å². The maximum atomic E-state index is 5.61. The molecule has 0 aromatic rings. The van der Waals surface area contributed by atoms with E-state index < -0.39 is 5.79 Å². The third-order valence-electron chi connectivity index (χ3n) is 1.83. The van der Waals surface area contributed by atoms with Crippen LogP contribution in [0.25, 0.3) is 0 Å². The SMILES string of the molecule is C=CC[C@@H]1OC(C)(C)O[C@H]1C. The van der Waals surface area contributed by atoms with Crippen LogP contribution in [0.15, 0.2) is 12.7 Å². The molecule has 0 unspecified atom stereocenters. The van der Waals surface area contributed by atoms with Crippen LogP contribution in [0.5, 0.6) is 0 Å². The second-order valence-corrected chi connectivity index (χ2v) is 3.40. The lowest BCUT2D eigenvalue weighted by Gasteiger charge is -2.16. The van der Waals surface area contributed by atoms with Crippen LogP contribution in [0, 0.1) is 0 Å². The first-order valence-electron chi connectivity index (χ1n) is 4.02. The van der Waals surface area contributed by atoms with Gasteiger partial charge in [-0.05, 0) is 27.2 Å². The normalized spacial score (nSPS) is 35.5. The van der Waals surface area contributed by atoms with E-state index >= 15 is 0 Å². The van der Waals surface area contributed by atoms with Gasteiger partial charge in [-0.25, -0.2) is 0 Å². The van der Waals surface area contributed by atoms with Gasteiger partial charge in [0.25, 0.3) is 0 Å². The molecule has 2 atom stereocenters. The van der Waals surface area contributed by atoms with Crippen LogP contribution in [0.3, 0.4) is 0 Å². The number of hydrogen-bond donors (Lipinski definition) is 0. The first kappa shape index (κ1) is 8.75. The molecule has 0 aliphatic carbocycles. The molecule has 0 radical (unpaired) electrons. The second-order valence-electron chi connectivity index (χ2n) is 3.40. The lowest BCUT2D eigenvalue weighted by atomic mass is 10.2. The molecule has 1 rings (SSSR count). The van der Waals surface area contributed by atoms with E-state index in [-0.39, 0.29) is 12.2 Å². The minimum absolute atomic E-state index is 0.183. The molecule has 1 fully saturated rings. The molecule has 2 heteroatoms. The molecule has 0 aromatic carbocycles. The highest BCUT2D eigenvalue weighted by Gasteiger charge is 2.37. The Morgan fingerprint density at radius 2 is 2.09 bits per heavy atom. The number of hydrogen-bond acceptors (Lipinski definition) is 2. The van der Waals surface area contributed by atoms with Crippen LogP contribution in [0.4, 0.5) is 0 Å². The summed E-state index contributed by atoms with van der Waals surface area (Å²) in [5.41, 5.74) is 0. The van der Waals surface area contributed by atoms with E-state index in [0.717, 1.165) is 6.42 Å².